The van der Waals surface area contributed by atoms with Gasteiger partial charge in [0.05, 0.1) is 29.8 Å². The van der Waals surface area contributed by atoms with E-state index < -0.39 is 0 Å². The smallest absolute Gasteiger partial charge is 0.230 e. The number of amides is 1. The molecule has 5 rings (SSSR count). The van der Waals surface area contributed by atoms with Gasteiger partial charge in [0.25, 0.3) is 0 Å². The van der Waals surface area contributed by atoms with Gasteiger partial charge in [0.1, 0.15) is 11.7 Å². The van der Waals surface area contributed by atoms with Crippen molar-refractivity contribution in [3.8, 4) is 22.4 Å². The first kappa shape index (κ1) is 28.3. The molecule has 2 bridgehead atoms. The second-order valence-corrected chi connectivity index (χ2v) is 11.3. The summed E-state index contributed by atoms with van der Waals surface area (Å²) in [6.45, 7) is 1.62. The molecular weight excluding hydrogens is 534 g/mol. The van der Waals surface area contributed by atoms with Crippen LogP contribution in [0, 0.1) is 5.41 Å². The number of nitrogen functional groups attached to an aromatic ring is 1. The molecule has 2 aliphatic heterocycles. The van der Waals surface area contributed by atoms with Crippen LogP contribution < -0.4 is 11.5 Å². The van der Waals surface area contributed by atoms with Crippen LogP contribution >= 0.6 is 11.8 Å². The highest BCUT2D eigenvalue weighted by molar-refractivity contribution is 7.98. The molecule has 0 aliphatic carbocycles. The van der Waals surface area contributed by atoms with Gasteiger partial charge in [-0.2, -0.15) is 5.10 Å². The highest BCUT2D eigenvalue weighted by atomic mass is 32.2. The van der Waals surface area contributed by atoms with Gasteiger partial charge in [-0.15, -0.1) is 11.8 Å². The molecule has 2 fully saturated rings. The van der Waals surface area contributed by atoms with E-state index in [0.717, 1.165) is 53.1 Å². The lowest BCUT2D eigenvalue weighted by Crippen LogP contribution is -2.46. The number of hydrogen-bond donors (Lipinski definition) is 4. The van der Waals surface area contributed by atoms with Crippen molar-refractivity contribution in [1.29, 1.82) is 5.41 Å². The Labute approximate surface area is 243 Å². The molecule has 2 aliphatic rings. The number of nitrogens with zero attached hydrogens (tertiary/aromatic N) is 5. The van der Waals surface area contributed by atoms with Crippen molar-refractivity contribution < 1.29 is 4.79 Å². The summed E-state index contributed by atoms with van der Waals surface area (Å²) < 4.78 is 0. The minimum absolute atomic E-state index is 0.00688. The summed E-state index contributed by atoms with van der Waals surface area (Å²) >= 11 is 1.59. The van der Waals surface area contributed by atoms with Crippen molar-refractivity contribution in [2.45, 2.75) is 61.9 Å². The zero-order valence-electron chi connectivity index (χ0n) is 23.2. The van der Waals surface area contributed by atoms with Crippen molar-refractivity contribution >= 4 is 35.2 Å². The SMILES string of the molecule is CSc1c[nH]ncc(-c2ccc(-c3ccccc3)nc2)c(N)nc1C1CC2CCC(C1)N2C(=O)CC(=N)N=C(C)N. The molecule has 1 aromatic carbocycles. The van der Waals surface area contributed by atoms with E-state index in [1.54, 1.807) is 31.1 Å². The number of aromatic amines is 1. The van der Waals surface area contributed by atoms with Gasteiger partial charge >= 0.3 is 0 Å². The minimum Gasteiger partial charge on any atom is -0.387 e. The molecule has 11 heteroatoms. The third-order valence-corrected chi connectivity index (χ3v) is 8.40. The molecule has 212 valence electrons. The Morgan fingerprint density at radius 1 is 1.12 bits per heavy atom. The standard InChI is InChI=1S/C30H35N9OS/c1-18(31)37-27(32)14-28(40)39-22-9-10-23(39)13-21(12-22)29-26(41-2)17-36-35-16-24(30(33)38-29)20-8-11-25(34-15-20)19-6-4-3-5-7-19/h3-8,11,15-17,21-23,36H,9-10,12-14,33H2,1-2H3,(H3,31,32,37). The molecule has 4 heterocycles. The topological polar surface area (TPSA) is 163 Å². The van der Waals surface area contributed by atoms with E-state index >= 15 is 0 Å². The van der Waals surface area contributed by atoms with Crippen molar-refractivity contribution in [1.82, 2.24) is 25.1 Å². The molecule has 2 unspecified atom stereocenters. The fraction of sp³-hybridized carbons (Fsp3) is 0.333. The van der Waals surface area contributed by atoms with Crippen molar-refractivity contribution in [2.24, 2.45) is 10.7 Å². The minimum atomic E-state index is -0.0637. The maximum Gasteiger partial charge on any atom is 0.230 e. The first-order valence-corrected chi connectivity index (χ1v) is 14.9. The first-order chi connectivity index (χ1) is 19.8. The number of carbonyl (C=O) groups is 1. The number of amidine groups is 2. The van der Waals surface area contributed by atoms with E-state index in [1.807, 2.05) is 59.8 Å². The number of thioether (sulfide) groups is 1. The van der Waals surface area contributed by atoms with Crippen LogP contribution in [0.5, 0.6) is 0 Å². The van der Waals surface area contributed by atoms with Gasteiger partial charge in [-0.05, 0) is 44.9 Å². The van der Waals surface area contributed by atoms with E-state index in [2.05, 4.69) is 20.2 Å². The third-order valence-electron chi connectivity index (χ3n) is 7.63. The first-order valence-electron chi connectivity index (χ1n) is 13.7. The molecule has 0 radical (unpaired) electrons. The lowest BCUT2D eigenvalue weighted by molar-refractivity contribution is -0.134. The number of carbonyl (C=O) groups excluding carboxylic acids is 1. The lowest BCUT2D eigenvalue weighted by atomic mass is 9.87. The molecular formula is C30H35N9OS. The maximum absolute atomic E-state index is 13.1. The van der Waals surface area contributed by atoms with Gasteiger partial charge < -0.3 is 16.4 Å². The Morgan fingerprint density at radius 2 is 1.85 bits per heavy atom. The molecule has 0 saturated carbocycles. The fourth-order valence-corrected chi connectivity index (χ4v) is 6.48. The zero-order chi connectivity index (χ0) is 28.9. The van der Waals surface area contributed by atoms with E-state index in [4.69, 9.17) is 21.9 Å². The fourth-order valence-electron chi connectivity index (χ4n) is 5.89. The van der Waals surface area contributed by atoms with Crippen LogP contribution in [0.25, 0.3) is 22.4 Å². The molecule has 10 nitrogen and oxygen atoms in total. The molecule has 2 atom stereocenters. The molecule has 3 aromatic rings. The van der Waals surface area contributed by atoms with E-state index in [0.29, 0.717) is 11.4 Å². The number of rotatable bonds is 6. The summed E-state index contributed by atoms with van der Waals surface area (Å²) in [6.07, 6.45) is 10.7. The van der Waals surface area contributed by atoms with Crippen LogP contribution in [-0.4, -0.2) is 61.0 Å². The Kier molecular flexibility index (Phi) is 8.63. The predicted octanol–water partition coefficient (Wildman–Crippen LogP) is 4.94. The van der Waals surface area contributed by atoms with Crippen molar-refractivity contribution in [2.75, 3.05) is 12.0 Å². The predicted molar refractivity (Wildman–Crippen MR) is 164 cm³/mol. The Hall–Kier alpha value is -4.25. The van der Waals surface area contributed by atoms with Gasteiger partial charge in [0, 0.05) is 52.0 Å². The molecule has 6 N–H and O–H groups in total. The summed E-state index contributed by atoms with van der Waals surface area (Å²) in [6, 6.07) is 14.1. The van der Waals surface area contributed by atoms with Crippen LogP contribution in [0.4, 0.5) is 5.82 Å². The number of anilines is 1. The second-order valence-electron chi connectivity index (χ2n) is 10.4. The monoisotopic (exact) mass is 569 g/mol. The van der Waals surface area contributed by atoms with E-state index in [9.17, 15) is 4.79 Å². The van der Waals surface area contributed by atoms with Crippen molar-refractivity contribution in [3.05, 3.63) is 66.7 Å². The van der Waals surface area contributed by atoms with Crippen LogP contribution in [0.3, 0.4) is 0 Å². The molecule has 1 amide bonds. The van der Waals surface area contributed by atoms with E-state index in [-0.39, 0.29) is 42.0 Å². The van der Waals surface area contributed by atoms with Crippen LogP contribution in [0.1, 0.15) is 50.6 Å². The Balaban J connectivity index is 1.44. The molecule has 2 saturated heterocycles. The van der Waals surface area contributed by atoms with Crippen molar-refractivity contribution in [3.63, 3.8) is 0 Å². The number of aliphatic imine (C=N–C) groups is 1. The van der Waals surface area contributed by atoms with Gasteiger partial charge in [-0.1, -0.05) is 36.4 Å². The third kappa shape index (κ3) is 6.40. The number of H-pyrrole nitrogens is 1. The highest BCUT2D eigenvalue weighted by Gasteiger charge is 2.44. The summed E-state index contributed by atoms with van der Waals surface area (Å²) in [5, 5.41) is 15.4. The molecule has 41 heavy (non-hydrogen) atoms. The van der Waals surface area contributed by atoms with Crippen LogP contribution in [0.2, 0.25) is 0 Å². The number of nitrogens with two attached hydrogens (primary N) is 2. The zero-order valence-corrected chi connectivity index (χ0v) is 24.1. The average molecular weight is 570 g/mol. The number of fused-ring (bicyclic) bond motifs is 2. The van der Waals surface area contributed by atoms with Crippen LogP contribution in [-0.2, 0) is 4.79 Å². The summed E-state index contributed by atoms with van der Waals surface area (Å²) in [5.41, 5.74) is 16.6. The Morgan fingerprint density at radius 3 is 2.49 bits per heavy atom. The lowest BCUT2D eigenvalue weighted by Gasteiger charge is -2.39. The molecule has 0 spiro atoms. The Bertz CT molecular complexity index is 1480. The largest absolute Gasteiger partial charge is 0.387 e. The average Bonchev–Trinajstić information content (AvgIpc) is 3.27. The van der Waals surface area contributed by atoms with Gasteiger partial charge in [-0.3, -0.25) is 20.3 Å². The van der Waals surface area contributed by atoms with Gasteiger partial charge in [0.15, 0.2) is 0 Å². The van der Waals surface area contributed by atoms with E-state index in [1.165, 1.54) is 0 Å². The molecule has 2 aromatic heterocycles. The summed E-state index contributed by atoms with van der Waals surface area (Å²) in [5.74, 6) is 0.705. The number of hydrogen-bond acceptors (Lipinski definition) is 7. The number of aromatic nitrogens is 4. The summed E-state index contributed by atoms with van der Waals surface area (Å²) in [7, 11) is 0. The highest BCUT2D eigenvalue weighted by Crippen LogP contribution is 2.44. The van der Waals surface area contributed by atoms with Crippen LogP contribution in [0.15, 0.2) is 70.9 Å². The normalized spacial score (nSPS) is 20.0. The quantitative estimate of drug-likeness (QED) is 0.185. The second kappa shape index (κ2) is 12.5. The maximum atomic E-state index is 13.1. The number of benzene rings is 1. The van der Waals surface area contributed by atoms with Gasteiger partial charge in [0.2, 0.25) is 5.91 Å². The van der Waals surface area contributed by atoms with Gasteiger partial charge in [-0.25, -0.2) is 9.98 Å². The summed E-state index contributed by atoms with van der Waals surface area (Å²) in [4.78, 5) is 29.7. The number of nitrogens with one attached hydrogen (secondary N) is 2. The number of pyridine rings is 1. The number of piperidine rings is 1.